The first-order valence-electron chi connectivity index (χ1n) is 9.95. The summed E-state index contributed by atoms with van der Waals surface area (Å²) in [7, 11) is 3.48. The van der Waals surface area contributed by atoms with Crippen LogP contribution in [0.2, 0.25) is 0 Å². The monoisotopic (exact) mass is 384 g/mol. The second kappa shape index (κ2) is 9.32. The van der Waals surface area contributed by atoms with Crippen LogP contribution < -0.4 is 0 Å². The van der Waals surface area contributed by atoms with Crippen molar-refractivity contribution in [3.05, 3.63) is 0 Å². The molecule has 8 nitrogen and oxygen atoms in total. The molecule has 3 rings (SSSR count). The van der Waals surface area contributed by atoms with Crippen LogP contribution in [0.5, 0.6) is 0 Å². The van der Waals surface area contributed by atoms with E-state index in [0.29, 0.717) is 32.7 Å². The zero-order chi connectivity index (χ0) is 19.4. The van der Waals surface area contributed by atoms with Crippen molar-refractivity contribution in [1.82, 2.24) is 9.80 Å². The maximum absolute atomic E-state index is 13.2. The van der Waals surface area contributed by atoms with Gasteiger partial charge in [-0.15, -0.1) is 0 Å². The number of carbonyl (C=O) groups excluding carboxylic acids is 2. The Morgan fingerprint density at radius 2 is 1.81 bits per heavy atom. The van der Waals surface area contributed by atoms with Crippen LogP contribution in [-0.2, 0) is 23.8 Å². The van der Waals surface area contributed by atoms with Gasteiger partial charge in [0, 0.05) is 39.8 Å². The highest BCUT2D eigenvalue weighted by Crippen LogP contribution is 2.30. The van der Waals surface area contributed by atoms with E-state index >= 15 is 0 Å². The summed E-state index contributed by atoms with van der Waals surface area (Å²) in [4.78, 5) is 28.6. The van der Waals surface area contributed by atoms with Gasteiger partial charge in [-0.2, -0.15) is 0 Å². The smallest absolute Gasteiger partial charge is 0.226 e. The summed E-state index contributed by atoms with van der Waals surface area (Å²) in [5, 5.41) is 10.2. The summed E-state index contributed by atoms with van der Waals surface area (Å²) in [5.74, 6) is 0.0661. The lowest BCUT2D eigenvalue weighted by Crippen LogP contribution is -2.58. The number of aliphatic hydroxyl groups excluding tert-OH is 1. The van der Waals surface area contributed by atoms with Crippen LogP contribution in [0, 0.1) is 5.92 Å². The third-order valence-electron chi connectivity index (χ3n) is 5.74. The highest BCUT2D eigenvalue weighted by Gasteiger charge is 2.41. The molecule has 3 aliphatic rings. The van der Waals surface area contributed by atoms with Gasteiger partial charge >= 0.3 is 0 Å². The number of fused-ring (bicyclic) bond motifs is 1. The number of aliphatic hydroxyl groups is 1. The number of carbonyl (C=O) groups is 2. The topological polar surface area (TPSA) is 88.5 Å². The van der Waals surface area contributed by atoms with Gasteiger partial charge in [-0.1, -0.05) is 0 Å². The minimum atomic E-state index is -0.692. The molecular weight excluding hydrogens is 352 g/mol. The van der Waals surface area contributed by atoms with Crippen LogP contribution in [0.25, 0.3) is 0 Å². The Bertz CT molecular complexity index is 522. The number of rotatable bonds is 3. The second-order valence-electron chi connectivity index (χ2n) is 8.00. The molecule has 0 aliphatic carbocycles. The Morgan fingerprint density at radius 3 is 2.52 bits per heavy atom. The van der Waals surface area contributed by atoms with Gasteiger partial charge in [0.1, 0.15) is 6.10 Å². The van der Waals surface area contributed by atoms with Crippen molar-refractivity contribution in [3.63, 3.8) is 0 Å². The van der Waals surface area contributed by atoms with Crippen molar-refractivity contribution in [3.8, 4) is 0 Å². The molecule has 0 saturated carbocycles. The Kier molecular flexibility index (Phi) is 7.08. The van der Waals surface area contributed by atoms with Crippen LogP contribution >= 0.6 is 0 Å². The molecule has 0 spiro atoms. The van der Waals surface area contributed by atoms with Gasteiger partial charge in [0.2, 0.25) is 11.8 Å². The average Bonchev–Trinajstić information content (AvgIpc) is 2.65. The SMILES string of the molecule is CN(C)C(=O)C[C@H]1CC[C@@H]2[C@H](COC[C@H](O)CN2C(=O)C2CCOCC2)O1. The Hall–Kier alpha value is -1.22. The lowest BCUT2D eigenvalue weighted by molar-refractivity contribution is -0.174. The van der Waals surface area contributed by atoms with E-state index in [9.17, 15) is 14.7 Å². The molecule has 27 heavy (non-hydrogen) atoms. The lowest BCUT2D eigenvalue weighted by Gasteiger charge is -2.45. The molecular formula is C19H32N2O6. The normalized spacial score (nSPS) is 32.9. The summed E-state index contributed by atoms with van der Waals surface area (Å²) in [6.45, 7) is 1.99. The van der Waals surface area contributed by atoms with Crippen LogP contribution in [0.1, 0.15) is 32.1 Å². The van der Waals surface area contributed by atoms with Gasteiger partial charge in [0.15, 0.2) is 0 Å². The standard InChI is InChI=1S/C19H32N2O6/c1-20(2)18(23)9-15-3-4-16-17(27-15)12-26-11-14(22)10-21(16)19(24)13-5-7-25-8-6-13/h13-17,22H,3-12H2,1-2H3/t14-,15-,16-,17+/m1/s1. The molecule has 4 atom stereocenters. The van der Waals surface area contributed by atoms with E-state index in [4.69, 9.17) is 14.2 Å². The predicted molar refractivity (Wildman–Crippen MR) is 97.1 cm³/mol. The van der Waals surface area contributed by atoms with Crippen LogP contribution in [-0.4, -0.2) is 98.1 Å². The van der Waals surface area contributed by atoms with E-state index in [1.54, 1.807) is 19.0 Å². The molecule has 3 heterocycles. The quantitative estimate of drug-likeness (QED) is 0.738. The number of hydrogen-bond donors (Lipinski definition) is 1. The van der Waals surface area contributed by atoms with E-state index < -0.39 is 6.10 Å². The van der Waals surface area contributed by atoms with Gasteiger partial charge in [-0.25, -0.2) is 0 Å². The molecule has 1 N–H and O–H groups in total. The second-order valence-corrected chi connectivity index (χ2v) is 8.00. The first-order chi connectivity index (χ1) is 13.0. The zero-order valence-corrected chi connectivity index (χ0v) is 16.3. The molecule has 3 aliphatic heterocycles. The largest absolute Gasteiger partial charge is 0.389 e. The summed E-state index contributed by atoms with van der Waals surface area (Å²) >= 11 is 0. The highest BCUT2D eigenvalue weighted by molar-refractivity contribution is 5.79. The van der Waals surface area contributed by atoms with Gasteiger partial charge in [0.05, 0.1) is 37.9 Å². The third-order valence-corrected chi connectivity index (χ3v) is 5.74. The van der Waals surface area contributed by atoms with Gasteiger partial charge in [0.25, 0.3) is 0 Å². The third kappa shape index (κ3) is 5.19. The molecule has 0 radical (unpaired) electrons. The number of nitrogens with zero attached hydrogens (tertiary/aromatic N) is 2. The molecule has 154 valence electrons. The van der Waals surface area contributed by atoms with Crippen LogP contribution in [0.15, 0.2) is 0 Å². The highest BCUT2D eigenvalue weighted by atomic mass is 16.5. The van der Waals surface area contributed by atoms with Gasteiger partial charge in [-0.3, -0.25) is 9.59 Å². The summed E-state index contributed by atoms with van der Waals surface area (Å²) in [6, 6.07) is -0.124. The molecule has 0 unspecified atom stereocenters. The van der Waals surface area contributed by atoms with Gasteiger partial charge < -0.3 is 29.1 Å². The minimum absolute atomic E-state index is 0.0378. The first kappa shape index (κ1) is 20.5. The molecule has 3 fully saturated rings. The molecule has 8 heteroatoms. The van der Waals surface area contributed by atoms with Crippen LogP contribution in [0.3, 0.4) is 0 Å². The fourth-order valence-corrected chi connectivity index (χ4v) is 4.15. The fraction of sp³-hybridized carbons (Fsp3) is 0.895. The fourth-order valence-electron chi connectivity index (χ4n) is 4.15. The molecule has 3 saturated heterocycles. The zero-order valence-electron chi connectivity index (χ0n) is 16.3. The maximum atomic E-state index is 13.2. The summed E-state index contributed by atoms with van der Waals surface area (Å²) in [5.41, 5.74) is 0. The van der Waals surface area contributed by atoms with E-state index in [0.717, 1.165) is 19.3 Å². The minimum Gasteiger partial charge on any atom is -0.389 e. The maximum Gasteiger partial charge on any atom is 0.226 e. The summed E-state index contributed by atoms with van der Waals surface area (Å²) in [6.07, 6.45) is 2.13. The molecule has 0 aromatic heterocycles. The van der Waals surface area contributed by atoms with Crippen molar-refractivity contribution in [2.24, 2.45) is 5.92 Å². The summed E-state index contributed by atoms with van der Waals surface area (Å²) < 4.78 is 17.2. The van der Waals surface area contributed by atoms with E-state index in [1.807, 2.05) is 4.90 Å². The predicted octanol–water partition coefficient (Wildman–Crippen LogP) is 0.0272. The van der Waals surface area contributed by atoms with E-state index in [2.05, 4.69) is 0 Å². The van der Waals surface area contributed by atoms with E-state index in [1.165, 1.54) is 0 Å². The van der Waals surface area contributed by atoms with Crippen molar-refractivity contribution in [2.45, 2.75) is 56.5 Å². The van der Waals surface area contributed by atoms with E-state index in [-0.39, 0.29) is 49.1 Å². The average molecular weight is 384 g/mol. The van der Waals surface area contributed by atoms with Crippen molar-refractivity contribution >= 4 is 11.8 Å². The molecule has 0 aromatic rings. The number of hydrogen-bond acceptors (Lipinski definition) is 6. The van der Waals surface area contributed by atoms with Crippen molar-refractivity contribution in [2.75, 3.05) is 47.1 Å². The molecule has 0 bridgehead atoms. The number of β-amino-alcohol motifs (C(OH)–C–C–N with tert-alkyl or cyclic N) is 1. The van der Waals surface area contributed by atoms with Crippen molar-refractivity contribution < 1.29 is 28.9 Å². The Morgan fingerprint density at radius 1 is 1.07 bits per heavy atom. The Labute approximate surface area is 160 Å². The molecule has 0 aromatic carbocycles. The molecule has 2 amide bonds. The lowest BCUT2D eigenvalue weighted by atomic mass is 9.91. The first-order valence-corrected chi connectivity index (χ1v) is 9.95. The van der Waals surface area contributed by atoms with Gasteiger partial charge in [-0.05, 0) is 25.7 Å². The van der Waals surface area contributed by atoms with Crippen LogP contribution in [0.4, 0.5) is 0 Å². The number of ether oxygens (including phenoxy) is 3. The number of amides is 2. The van der Waals surface area contributed by atoms with Crippen molar-refractivity contribution in [1.29, 1.82) is 0 Å². The Balaban J connectivity index is 1.69.